The molecule has 4 heterocycles. The molecule has 1 aliphatic heterocycles. The average Bonchev–Trinajstić information content (AvgIpc) is 3.23. The summed E-state index contributed by atoms with van der Waals surface area (Å²) in [5.74, 6) is 0.545. The van der Waals surface area contributed by atoms with E-state index in [1.165, 1.54) is 17.4 Å². The zero-order valence-electron chi connectivity index (χ0n) is 15.7. The monoisotopic (exact) mass is 366 g/mol. The summed E-state index contributed by atoms with van der Waals surface area (Å²) in [5, 5.41) is 1.20. The van der Waals surface area contributed by atoms with Crippen LogP contribution in [0.1, 0.15) is 23.6 Å². The van der Waals surface area contributed by atoms with E-state index in [0.717, 1.165) is 42.1 Å². The highest BCUT2D eigenvalue weighted by Crippen LogP contribution is 2.30. The lowest BCUT2D eigenvalue weighted by atomic mass is 9.97. The standard InChI is InChI=1S/C24H22N4/c1-2-4-23-18(3-1)5-6-22(27-23)17-28-14-10-21(16-28)20-9-13-26-24(15-20)19-7-11-25-12-8-19/h1-9,11-13,15,21H,10,14,16-17H2/t21-/m1/s1. The SMILES string of the molecule is c1ccc2nc(CN3CC[C@@H](c4ccnc(-c5ccncc5)c4)C3)ccc2c1. The molecular formula is C24H22N4. The molecule has 0 bridgehead atoms. The fraction of sp³-hybridized carbons (Fsp3) is 0.208. The van der Waals surface area contributed by atoms with Crippen LogP contribution in [0.15, 0.2) is 79.3 Å². The lowest BCUT2D eigenvalue weighted by Gasteiger charge is -2.16. The lowest BCUT2D eigenvalue weighted by molar-refractivity contribution is 0.323. The molecule has 0 aliphatic carbocycles. The Morgan fingerprint density at radius 2 is 1.82 bits per heavy atom. The molecule has 0 spiro atoms. The molecule has 0 unspecified atom stereocenters. The molecule has 138 valence electrons. The van der Waals surface area contributed by atoms with Gasteiger partial charge in [-0.15, -0.1) is 0 Å². The number of fused-ring (bicyclic) bond motifs is 1. The third-order valence-electron chi connectivity index (χ3n) is 5.55. The van der Waals surface area contributed by atoms with Crippen LogP contribution in [0.3, 0.4) is 0 Å². The van der Waals surface area contributed by atoms with E-state index in [-0.39, 0.29) is 0 Å². The summed E-state index contributed by atoms with van der Waals surface area (Å²) in [4.78, 5) is 16.0. The number of nitrogens with zero attached hydrogens (tertiary/aromatic N) is 4. The van der Waals surface area contributed by atoms with Crippen molar-refractivity contribution in [1.29, 1.82) is 0 Å². The van der Waals surface area contributed by atoms with Crippen LogP contribution in [0.2, 0.25) is 0 Å². The first-order valence-electron chi connectivity index (χ1n) is 9.78. The van der Waals surface area contributed by atoms with Gasteiger partial charge < -0.3 is 0 Å². The van der Waals surface area contributed by atoms with Crippen LogP contribution in [-0.2, 0) is 6.54 Å². The van der Waals surface area contributed by atoms with Crippen LogP contribution in [0.5, 0.6) is 0 Å². The van der Waals surface area contributed by atoms with Crippen molar-refractivity contribution in [2.24, 2.45) is 0 Å². The Labute approximate surface area is 164 Å². The Morgan fingerprint density at radius 3 is 2.75 bits per heavy atom. The van der Waals surface area contributed by atoms with Gasteiger partial charge >= 0.3 is 0 Å². The maximum absolute atomic E-state index is 4.83. The van der Waals surface area contributed by atoms with E-state index >= 15 is 0 Å². The second-order valence-electron chi connectivity index (χ2n) is 7.43. The van der Waals surface area contributed by atoms with E-state index in [2.05, 4.69) is 63.4 Å². The zero-order valence-corrected chi connectivity index (χ0v) is 15.7. The van der Waals surface area contributed by atoms with E-state index in [1.54, 1.807) is 0 Å². The number of aromatic nitrogens is 3. The maximum Gasteiger partial charge on any atom is 0.0705 e. The van der Waals surface area contributed by atoms with Crippen LogP contribution < -0.4 is 0 Å². The third-order valence-corrected chi connectivity index (χ3v) is 5.55. The topological polar surface area (TPSA) is 41.9 Å². The van der Waals surface area contributed by atoms with Gasteiger partial charge in [-0.05, 0) is 60.8 Å². The highest BCUT2D eigenvalue weighted by Gasteiger charge is 2.24. The van der Waals surface area contributed by atoms with Crippen LogP contribution in [-0.4, -0.2) is 32.9 Å². The Kier molecular flexibility index (Phi) is 4.55. The molecule has 0 radical (unpaired) electrons. The van der Waals surface area contributed by atoms with Crippen molar-refractivity contribution >= 4 is 10.9 Å². The average molecular weight is 366 g/mol. The van der Waals surface area contributed by atoms with E-state index < -0.39 is 0 Å². The number of hydrogen-bond acceptors (Lipinski definition) is 4. The normalized spacial score (nSPS) is 17.2. The molecule has 4 aromatic rings. The Balaban J connectivity index is 1.30. The zero-order chi connectivity index (χ0) is 18.8. The van der Waals surface area contributed by atoms with Gasteiger partial charge in [-0.2, -0.15) is 0 Å². The van der Waals surface area contributed by atoms with Crippen molar-refractivity contribution in [2.75, 3.05) is 13.1 Å². The molecule has 4 nitrogen and oxygen atoms in total. The van der Waals surface area contributed by atoms with Crippen LogP contribution >= 0.6 is 0 Å². The van der Waals surface area contributed by atoms with E-state index in [1.807, 2.05) is 30.7 Å². The predicted molar refractivity (Wildman–Crippen MR) is 112 cm³/mol. The quantitative estimate of drug-likeness (QED) is 0.526. The summed E-state index contributed by atoms with van der Waals surface area (Å²) in [5.41, 5.74) is 5.73. The molecule has 0 amide bonds. The van der Waals surface area contributed by atoms with Gasteiger partial charge in [-0.1, -0.05) is 24.3 Å². The molecule has 4 heteroatoms. The van der Waals surface area contributed by atoms with Gasteiger partial charge in [0.05, 0.1) is 16.9 Å². The number of para-hydroxylation sites is 1. The van der Waals surface area contributed by atoms with Crippen molar-refractivity contribution in [3.05, 3.63) is 90.5 Å². The summed E-state index contributed by atoms with van der Waals surface area (Å²) < 4.78 is 0. The number of hydrogen-bond donors (Lipinski definition) is 0. The lowest BCUT2D eigenvalue weighted by Crippen LogP contribution is -2.20. The largest absolute Gasteiger partial charge is 0.297 e. The fourth-order valence-corrected chi connectivity index (χ4v) is 4.06. The summed E-state index contributed by atoms with van der Waals surface area (Å²) in [7, 11) is 0. The van der Waals surface area contributed by atoms with Crippen molar-refractivity contribution in [3.8, 4) is 11.3 Å². The number of pyridine rings is 3. The minimum absolute atomic E-state index is 0.545. The molecule has 5 rings (SSSR count). The summed E-state index contributed by atoms with van der Waals surface area (Å²) in [6.45, 7) is 3.07. The predicted octanol–water partition coefficient (Wildman–Crippen LogP) is 4.68. The first-order valence-corrected chi connectivity index (χ1v) is 9.78. The molecule has 0 saturated carbocycles. The molecule has 28 heavy (non-hydrogen) atoms. The van der Waals surface area contributed by atoms with Crippen LogP contribution in [0, 0.1) is 0 Å². The van der Waals surface area contributed by atoms with Crippen molar-refractivity contribution in [2.45, 2.75) is 18.9 Å². The van der Waals surface area contributed by atoms with Gasteiger partial charge in [0.25, 0.3) is 0 Å². The first-order chi connectivity index (χ1) is 13.8. The highest BCUT2D eigenvalue weighted by molar-refractivity contribution is 5.78. The molecule has 1 atom stereocenters. The second-order valence-corrected chi connectivity index (χ2v) is 7.43. The van der Waals surface area contributed by atoms with Gasteiger partial charge in [0.1, 0.15) is 0 Å². The van der Waals surface area contributed by atoms with Gasteiger partial charge in [0, 0.05) is 42.6 Å². The molecule has 1 saturated heterocycles. The van der Waals surface area contributed by atoms with Gasteiger partial charge in [0.2, 0.25) is 0 Å². The van der Waals surface area contributed by atoms with Gasteiger partial charge in [-0.3, -0.25) is 19.9 Å². The number of likely N-dealkylation sites (tertiary alicyclic amines) is 1. The minimum atomic E-state index is 0.545. The smallest absolute Gasteiger partial charge is 0.0705 e. The first kappa shape index (κ1) is 17.0. The molecule has 3 aromatic heterocycles. The Bertz CT molecular complexity index is 1090. The van der Waals surface area contributed by atoms with E-state index in [4.69, 9.17) is 4.98 Å². The fourth-order valence-electron chi connectivity index (χ4n) is 4.06. The second kappa shape index (κ2) is 7.49. The van der Waals surface area contributed by atoms with E-state index in [0.29, 0.717) is 5.92 Å². The van der Waals surface area contributed by atoms with Crippen LogP contribution in [0.25, 0.3) is 22.2 Å². The van der Waals surface area contributed by atoms with Crippen molar-refractivity contribution < 1.29 is 0 Å². The summed E-state index contributed by atoms with van der Waals surface area (Å²) in [6, 6.07) is 21.1. The van der Waals surface area contributed by atoms with Gasteiger partial charge in [-0.25, -0.2) is 0 Å². The van der Waals surface area contributed by atoms with Crippen molar-refractivity contribution in [1.82, 2.24) is 19.9 Å². The molecule has 1 fully saturated rings. The summed E-state index contributed by atoms with van der Waals surface area (Å²) in [6.07, 6.45) is 6.74. The third kappa shape index (κ3) is 3.51. The highest BCUT2D eigenvalue weighted by atomic mass is 15.1. The number of rotatable bonds is 4. The van der Waals surface area contributed by atoms with Crippen LogP contribution in [0.4, 0.5) is 0 Å². The molecular weight excluding hydrogens is 344 g/mol. The molecule has 1 aliphatic rings. The summed E-state index contributed by atoms with van der Waals surface area (Å²) >= 11 is 0. The van der Waals surface area contributed by atoms with Crippen molar-refractivity contribution in [3.63, 3.8) is 0 Å². The Morgan fingerprint density at radius 1 is 0.929 bits per heavy atom. The number of benzene rings is 1. The Hall–Kier alpha value is -3.11. The van der Waals surface area contributed by atoms with Gasteiger partial charge in [0.15, 0.2) is 0 Å². The molecule has 1 aromatic carbocycles. The van der Waals surface area contributed by atoms with E-state index in [9.17, 15) is 0 Å². The minimum Gasteiger partial charge on any atom is -0.297 e. The molecule has 0 N–H and O–H groups in total. The maximum atomic E-state index is 4.83.